The number of rotatable bonds is 4. The van der Waals surface area contributed by atoms with Crippen molar-refractivity contribution in [3.8, 4) is 17.2 Å². The minimum absolute atomic E-state index is 0.110. The van der Waals surface area contributed by atoms with Gasteiger partial charge in [0, 0.05) is 44.4 Å². The summed E-state index contributed by atoms with van der Waals surface area (Å²) in [7, 11) is 3.17. The molecular weight excluding hydrogens is 232 g/mol. The highest BCUT2D eigenvalue weighted by Gasteiger charge is 2.15. The van der Waals surface area contributed by atoms with Gasteiger partial charge in [-0.05, 0) is 6.07 Å². The van der Waals surface area contributed by atoms with E-state index in [1.54, 1.807) is 20.3 Å². The van der Waals surface area contributed by atoms with Gasteiger partial charge in [-0.25, -0.2) is 0 Å². The van der Waals surface area contributed by atoms with Gasteiger partial charge in [0.1, 0.15) is 5.75 Å². The number of nitrogens with one attached hydrogen (secondary N) is 1. The van der Waals surface area contributed by atoms with Crippen LogP contribution in [-0.2, 0) is 6.54 Å². The van der Waals surface area contributed by atoms with E-state index in [-0.39, 0.29) is 5.75 Å². The number of ether oxygens (including phenoxy) is 2. The molecule has 5 nitrogen and oxygen atoms in total. The Labute approximate surface area is 107 Å². The summed E-state index contributed by atoms with van der Waals surface area (Å²) in [5.74, 6) is 1.30. The molecular formula is C13H20N2O3. The highest BCUT2D eigenvalue weighted by atomic mass is 16.5. The molecule has 0 bridgehead atoms. The van der Waals surface area contributed by atoms with Crippen molar-refractivity contribution in [2.75, 3.05) is 40.4 Å². The van der Waals surface area contributed by atoms with Crippen molar-refractivity contribution in [2.45, 2.75) is 6.54 Å². The molecule has 1 heterocycles. The third kappa shape index (κ3) is 2.86. The van der Waals surface area contributed by atoms with Crippen LogP contribution in [0.2, 0.25) is 0 Å². The zero-order chi connectivity index (χ0) is 13.0. The quantitative estimate of drug-likeness (QED) is 0.830. The summed E-state index contributed by atoms with van der Waals surface area (Å²) in [5.41, 5.74) is 1.04. The molecule has 100 valence electrons. The second-order valence-corrected chi connectivity index (χ2v) is 4.36. The number of piperazine rings is 1. The van der Waals surface area contributed by atoms with E-state index < -0.39 is 0 Å². The number of methoxy groups -OCH3 is 2. The smallest absolute Gasteiger partial charge is 0.161 e. The first kappa shape index (κ1) is 13.0. The molecule has 0 amide bonds. The molecule has 0 radical (unpaired) electrons. The van der Waals surface area contributed by atoms with Crippen molar-refractivity contribution >= 4 is 0 Å². The van der Waals surface area contributed by atoms with Crippen LogP contribution in [0, 0.1) is 0 Å². The molecule has 1 aromatic carbocycles. The molecule has 5 heteroatoms. The minimum Gasteiger partial charge on any atom is -0.504 e. The SMILES string of the molecule is COc1cc(CN2CCNCC2)c(OC)cc1O. The van der Waals surface area contributed by atoms with Crippen LogP contribution in [0.3, 0.4) is 0 Å². The third-order valence-corrected chi connectivity index (χ3v) is 3.19. The van der Waals surface area contributed by atoms with E-state index in [0.29, 0.717) is 11.5 Å². The fraction of sp³-hybridized carbons (Fsp3) is 0.538. The summed E-state index contributed by atoms with van der Waals surface area (Å²) in [5, 5.41) is 13.0. The largest absolute Gasteiger partial charge is 0.504 e. The van der Waals surface area contributed by atoms with Crippen LogP contribution >= 0.6 is 0 Å². The number of hydrogen-bond acceptors (Lipinski definition) is 5. The van der Waals surface area contributed by atoms with Gasteiger partial charge in [-0.3, -0.25) is 4.90 Å². The van der Waals surface area contributed by atoms with E-state index in [9.17, 15) is 5.11 Å². The van der Waals surface area contributed by atoms with Crippen LogP contribution in [0.1, 0.15) is 5.56 Å². The Bertz CT molecular complexity index is 403. The summed E-state index contributed by atoms with van der Waals surface area (Å²) in [6.07, 6.45) is 0. The summed E-state index contributed by atoms with van der Waals surface area (Å²) in [6, 6.07) is 3.45. The number of hydrogen-bond donors (Lipinski definition) is 2. The monoisotopic (exact) mass is 252 g/mol. The fourth-order valence-electron chi connectivity index (χ4n) is 2.18. The molecule has 0 aliphatic carbocycles. The topological polar surface area (TPSA) is 54.0 Å². The first-order chi connectivity index (χ1) is 8.74. The summed E-state index contributed by atoms with van der Waals surface area (Å²) in [4.78, 5) is 2.35. The standard InChI is InChI=1S/C13H20N2O3/c1-17-12-8-11(16)13(18-2)7-10(12)9-15-5-3-14-4-6-15/h7-8,14,16H,3-6,9H2,1-2H3. The van der Waals surface area contributed by atoms with E-state index in [0.717, 1.165) is 38.3 Å². The minimum atomic E-state index is 0.110. The van der Waals surface area contributed by atoms with Crippen LogP contribution in [0.15, 0.2) is 12.1 Å². The second-order valence-electron chi connectivity index (χ2n) is 4.36. The number of phenolic OH excluding ortho intramolecular Hbond substituents is 1. The first-order valence-corrected chi connectivity index (χ1v) is 6.11. The molecule has 1 saturated heterocycles. The highest BCUT2D eigenvalue weighted by Crippen LogP contribution is 2.34. The Balaban J connectivity index is 2.18. The Kier molecular flexibility index (Phi) is 4.28. The summed E-state index contributed by atoms with van der Waals surface area (Å²) < 4.78 is 10.4. The fourth-order valence-corrected chi connectivity index (χ4v) is 2.18. The number of aromatic hydroxyl groups is 1. The molecule has 18 heavy (non-hydrogen) atoms. The molecule has 0 aromatic heterocycles. The van der Waals surface area contributed by atoms with E-state index in [4.69, 9.17) is 9.47 Å². The van der Waals surface area contributed by atoms with E-state index in [2.05, 4.69) is 10.2 Å². The lowest BCUT2D eigenvalue weighted by molar-refractivity contribution is 0.229. The lowest BCUT2D eigenvalue weighted by atomic mass is 10.1. The lowest BCUT2D eigenvalue weighted by Gasteiger charge is -2.27. The van der Waals surface area contributed by atoms with Gasteiger partial charge in [0.15, 0.2) is 11.5 Å². The van der Waals surface area contributed by atoms with Gasteiger partial charge in [0.2, 0.25) is 0 Å². The Morgan fingerprint density at radius 3 is 2.44 bits per heavy atom. The Hall–Kier alpha value is -1.46. The molecule has 1 aromatic rings. The highest BCUT2D eigenvalue weighted by molar-refractivity contribution is 5.49. The van der Waals surface area contributed by atoms with Crippen molar-refractivity contribution in [1.82, 2.24) is 10.2 Å². The molecule has 2 N–H and O–H groups in total. The molecule has 1 fully saturated rings. The van der Waals surface area contributed by atoms with Crippen molar-refractivity contribution in [3.63, 3.8) is 0 Å². The van der Waals surface area contributed by atoms with Crippen LogP contribution in [0.4, 0.5) is 0 Å². The van der Waals surface area contributed by atoms with Gasteiger partial charge in [-0.15, -0.1) is 0 Å². The van der Waals surface area contributed by atoms with Crippen molar-refractivity contribution in [1.29, 1.82) is 0 Å². The normalized spacial score (nSPS) is 16.6. The molecule has 0 atom stereocenters. The number of phenols is 1. The maximum absolute atomic E-state index is 9.72. The van der Waals surface area contributed by atoms with E-state index >= 15 is 0 Å². The van der Waals surface area contributed by atoms with Crippen LogP contribution < -0.4 is 14.8 Å². The molecule has 0 saturated carbocycles. The molecule has 1 aliphatic heterocycles. The average Bonchev–Trinajstić information content (AvgIpc) is 2.41. The zero-order valence-electron chi connectivity index (χ0n) is 10.9. The maximum Gasteiger partial charge on any atom is 0.161 e. The predicted molar refractivity (Wildman–Crippen MR) is 69.4 cm³/mol. The molecule has 0 spiro atoms. The zero-order valence-corrected chi connectivity index (χ0v) is 10.9. The lowest BCUT2D eigenvalue weighted by Crippen LogP contribution is -2.42. The number of benzene rings is 1. The van der Waals surface area contributed by atoms with E-state index in [1.807, 2.05) is 6.07 Å². The maximum atomic E-state index is 9.72. The Morgan fingerprint density at radius 2 is 1.83 bits per heavy atom. The van der Waals surface area contributed by atoms with Gasteiger partial charge in [0.25, 0.3) is 0 Å². The first-order valence-electron chi connectivity index (χ1n) is 6.11. The van der Waals surface area contributed by atoms with E-state index in [1.165, 1.54) is 0 Å². The average molecular weight is 252 g/mol. The molecule has 2 rings (SSSR count). The summed E-state index contributed by atoms with van der Waals surface area (Å²) in [6.45, 7) is 4.87. The predicted octanol–water partition coefficient (Wildman–Crippen LogP) is 0.815. The van der Waals surface area contributed by atoms with Gasteiger partial charge in [-0.2, -0.15) is 0 Å². The van der Waals surface area contributed by atoms with Crippen LogP contribution in [0.25, 0.3) is 0 Å². The van der Waals surface area contributed by atoms with Gasteiger partial charge < -0.3 is 19.9 Å². The van der Waals surface area contributed by atoms with Gasteiger partial charge in [0.05, 0.1) is 14.2 Å². The molecule has 0 unspecified atom stereocenters. The van der Waals surface area contributed by atoms with Crippen LogP contribution in [-0.4, -0.2) is 50.4 Å². The molecule has 1 aliphatic rings. The second kappa shape index (κ2) is 5.93. The Morgan fingerprint density at radius 1 is 1.17 bits per heavy atom. The summed E-state index contributed by atoms with van der Waals surface area (Å²) >= 11 is 0. The van der Waals surface area contributed by atoms with Crippen molar-refractivity contribution in [2.24, 2.45) is 0 Å². The van der Waals surface area contributed by atoms with Crippen LogP contribution in [0.5, 0.6) is 17.2 Å². The van der Waals surface area contributed by atoms with Crippen molar-refractivity contribution in [3.05, 3.63) is 17.7 Å². The number of nitrogens with zero attached hydrogens (tertiary/aromatic N) is 1. The van der Waals surface area contributed by atoms with Gasteiger partial charge >= 0.3 is 0 Å². The van der Waals surface area contributed by atoms with Crippen molar-refractivity contribution < 1.29 is 14.6 Å². The van der Waals surface area contributed by atoms with Gasteiger partial charge in [-0.1, -0.05) is 0 Å². The third-order valence-electron chi connectivity index (χ3n) is 3.19.